The molecule has 114 valence electrons. The van der Waals surface area contributed by atoms with Crippen molar-refractivity contribution in [2.45, 2.75) is 11.3 Å². The normalized spacial score (nSPS) is 12.5. The number of imidazole rings is 1. The molecule has 3 aromatic rings. The number of aliphatic hydroxyl groups excluding tert-OH is 1. The third-order valence-corrected chi connectivity index (χ3v) is 4.18. The topological polar surface area (TPSA) is 46.8 Å². The van der Waals surface area contributed by atoms with Crippen LogP contribution in [0.4, 0.5) is 4.39 Å². The molecule has 1 aromatic carbocycles. The molecule has 0 bridgehead atoms. The average Bonchev–Trinajstić information content (AvgIpc) is 2.96. The van der Waals surface area contributed by atoms with E-state index >= 15 is 0 Å². The van der Waals surface area contributed by atoms with Gasteiger partial charge in [0.2, 0.25) is 0 Å². The first-order valence-corrected chi connectivity index (χ1v) is 7.82. The Hall–Kier alpha value is -2.05. The molecule has 0 fully saturated rings. The molecule has 3 rings (SSSR count). The van der Waals surface area contributed by atoms with Gasteiger partial charge in [0, 0.05) is 11.9 Å². The summed E-state index contributed by atoms with van der Waals surface area (Å²) in [7, 11) is 0. The standard InChI is InChI=1S/C16H15FN2O2S/c17-12-4-6-15(7-5-12)21-10-14(20)11-22-16-18-9-13-3-1-2-8-19(13)16/h1-9,14,20H,10-11H2/t14-/m1/s1. The van der Waals surface area contributed by atoms with Crippen LogP contribution in [-0.4, -0.2) is 33.0 Å². The van der Waals surface area contributed by atoms with Crippen LogP contribution in [0.25, 0.3) is 5.52 Å². The lowest BCUT2D eigenvalue weighted by Gasteiger charge is -2.11. The van der Waals surface area contributed by atoms with Gasteiger partial charge in [-0.2, -0.15) is 0 Å². The molecule has 0 aliphatic rings. The molecular formula is C16H15FN2O2S. The Labute approximate surface area is 131 Å². The molecule has 0 saturated heterocycles. The Morgan fingerprint density at radius 2 is 2.05 bits per heavy atom. The zero-order chi connectivity index (χ0) is 15.4. The van der Waals surface area contributed by atoms with Gasteiger partial charge in [-0.15, -0.1) is 0 Å². The zero-order valence-corrected chi connectivity index (χ0v) is 12.5. The molecule has 1 atom stereocenters. The summed E-state index contributed by atoms with van der Waals surface area (Å²) < 4.78 is 20.2. The van der Waals surface area contributed by atoms with E-state index in [4.69, 9.17) is 4.74 Å². The van der Waals surface area contributed by atoms with E-state index in [1.54, 1.807) is 6.20 Å². The molecule has 2 aromatic heterocycles. The highest BCUT2D eigenvalue weighted by molar-refractivity contribution is 7.99. The molecule has 1 N–H and O–H groups in total. The van der Waals surface area contributed by atoms with E-state index in [1.165, 1.54) is 36.0 Å². The van der Waals surface area contributed by atoms with Gasteiger partial charge in [-0.1, -0.05) is 17.8 Å². The van der Waals surface area contributed by atoms with Crippen LogP contribution in [0.5, 0.6) is 5.75 Å². The smallest absolute Gasteiger partial charge is 0.172 e. The van der Waals surface area contributed by atoms with Crippen molar-refractivity contribution in [1.82, 2.24) is 9.38 Å². The maximum Gasteiger partial charge on any atom is 0.172 e. The second-order valence-electron chi connectivity index (χ2n) is 4.77. The minimum Gasteiger partial charge on any atom is -0.491 e. The van der Waals surface area contributed by atoms with Crippen LogP contribution in [0.1, 0.15) is 0 Å². The third kappa shape index (κ3) is 3.58. The summed E-state index contributed by atoms with van der Waals surface area (Å²) in [5, 5.41) is 10.8. The number of ether oxygens (including phenoxy) is 1. The van der Waals surface area contributed by atoms with Gasteiger partial charge in [-0.25, -0.2) is 9.37 Å². The summed E-state index contributed by atoms with van der Waals surface area (Å²) in [5.74, 6) is 0.696. The summed E-state index contributed by atoms with van der Waals surface area (Å²) in [4.78, 5) is 4.33. The van der Waals surface area contributed by atoms with Gasteiger partial charge in [0.25, 0.3) is 0 Å². The lowest BCUT2D eigenvalue weighted by atomic mass is 10.3. The predicted molar refractivity (Wildman–Crippen MR) is 83.8 cm³/mol. The monoisotopic (exact) mass is 318 g/mol. The van der Waals surface area contributed by atoms with Crippen LogP contribution in [0.3, 0.4) is 0 Å². The maximum atomic E-state index is 12.8. The van der Waals surface area contributed by atoms with Crippen molar-refractivity contribution in [3.05, 3.63) is 60.7 Å². The highest BCUT2D eigenvalue weighted by Gasteiger charge is 2.09. The minimum absolute atomic E-state index is 0.155. The number of aromatic nitrogens is 2. The van der Waals surface area contributed by atoms with Gasteiger partial charge in [0.1, 0.15) is 18.2 Å². The zero-order valence-electron chi connectivity index (χ0n) is 11.7. The van der Waals surface area contributed by atoms with Crippen LogP contribution >= 0.6 is 11.8 Å². The van der Waals surface area contributed by atoms with Gasteiger partial charge in [-0.3, -0.25) is 4.40 Å². The second kappa shape index (κ2) is 6.81. The number of nitrogens with zero attached hydrogens (tertiary/aromatic N) is 2. The van der Waals surface area contributed by atoms with E-state index in [9.17, 15) is 9.50 Å². The van der Waals surface area contributed by atoms with Crippen molar-refractivity contribution in [3.8, 4) is 5.75 Å². The van der Waals surface area contributed by atoms with Crippen LogP contribution in [0, 0.1) is 5.82 Å². The summed E-state index contributed by atoms with van der Waals surface area (Å²) in [6, 6.07) is 11.6. The first-order valence-electron chi connectivity index (χ1n) is 6.84. The van der Waals surface area contributed by atoms with E-state index < -0.39 is 6.10 Å². The van der Waals surface area contributed by atoms with Gasteiger partial charge in [0.05, 0.1) is 17.8 Å². The van der Waals surface area contributed by atoms with E-state index in [1.807, 2.05) is 28.8 Å². The fourth-order valence-corrected chi connectivity index (χ4v) is 2.84. The predicted octanol–water partition coefficient (Wildman–Crippen LogP) is 3.01. The van der Waals surface area contributed by atoms with E-state index in [0.717, 1.165) is 10.7 Å². The van der Waals surface area contributed by atoms with Crippen molar-refractivity contribution in [2.75, 3.05) is 12.4 Å². The molecule has 0 aliphatic heterocycles. The molecule has 0 aliphatic carbocycles. The van der Waals surface area contributed by atoms with Crippen LogP contribution in [0.2, 0.25) is 0 Å². The average molecular weight is 318 g/mol. The fourth-order valence-electron chi connectivity index (χ4n) is 1.97. The van der Waals surface area contributed by atoms with Gasteiger partial charge in [0.15, 0.2) is 5.16 Å². The molecule has 4 nitrogen and oxygen atoms in total. The Bertz CT molecular complexity index is 745. The highest BCUT2D eigenvalue weighted by Crippen LogP contribution is 2.19. The molecule has 0 amide bonds. The molecule has 0 radical (unpaired) electrons. The number of rotatable bonds is 6. The summed E-state index contributed by atoms with van der Waals surface area (Å²) in [6.45, 7) is 0.155. The van der Waals surface area contributed by atoms with Crippen molar-refractivity contribution in [2.24, 2.45) is 0 Å². The SMILES string of the molecule is O[C@H](COc1ccc(F)cc1)CSc1ncc2ccccn12. The van der Waals surface area contributed by atoms with Crippen molar-refractivity contribution < 1.29 is 14.2 Å². The summed E-state index contributed by atoms with van der Waals surface area (Å²) in [6.07, 6.45) is 3.10. The van der Waals surface area contributed by atoms with Crippen LogP contribution < -0.4 is 4.74 Å². The van der Waals surface area contributed by atoms with E-state index in [0.29, 0.717) is 11.5 Å². The van der Waals surface area contributed by atoms with Gasteiger partial charge >= 0.3 is 0 Å². The molecule has 22 heavy (non-hydrogen) atoms. The Kier molecular flexibility index (Phi) is 4.60. The summed E-state index contributed by atoms with van der Waals surface area (Å²) >= 11 is 1.46. The number of halogens is 1. The van der Waals surface area contributed by atoms with E-state index in [2.05, 4.69) is 4.98 Å². The number of fused-ring (bicyclic) bond motifs is 1. The number of hydrogen-bond acceptors (Lipinski definition) is 4. The largest absolute Gasteiger partial charge is 0.491 e. The minimum atomic E-state index is -0.633. The fraction of sp³-hybridized carbons (Fsp3) is 0.188. The number of hydrogen-bond donors (Lipinski definition) is 1. The molecule has 6 heteroatoms. The Morgan fingerprint density at radius 1 is 1.23 bits per heavy atom. The second-order valence-corrected chi connectivity index (χ2v) is 5.75. The molecule has 2 heterocycles. The van der Waals surface area contributed by atoms with Crippen LogP contribution in [-0.2, 0) is 0 Å². The number of pyridine rings is 1. The molecular weight excluding hydrogens is 303 g/mol. The quantitative estimate of drug-likeness (QED) is 0.710. The Balaban J connectivity index is 1.52. The number of thioether (sulfide) groups is 1. The highest BCUT2D eigenvalue weighted by atomic mass is 32.2. The van der Waals surface area contributed by atoms with Gasteiger partial charge in [-0.05, 0) is 36.4 Å². The van der Waals surface area contributed by atoms with Gasteiger partial charge < -0.3 is 9.84 Å². The summed E-state index contributed by atoms with van der Waals surface area (Å²) in [5.41, 5.74) is 1.02. The molecule has 0 spiro atoms. The maximum absolute atomic E-state index is 12.8. The lowest BCUT2D eigenvalue weighted by molar-refractivity contribution is 0.126. The first-order chi connectivity index (χ1) is 10.7. The third-order valence-electron chi connectivity index (χ3n) is 3.07. The number of aliphatic hydroxyl groups is 1. The van der Waals surface area contributed by atoms with Crippen molar-refractivity contribution in [1.29, 1.82) is 0 Å². The Morgan fingerprint density at radius 3 is 2.86 bits per heavy atom. The van der Waals surface area contributed by atoms with Crippen molar-refractivity contribution >= 4 is 17.3 Å². The lowest BCUT2D eigenvalue weighted by Crippen LogP contribution is -2.20. The first kappa shape index (κ1) is 14.9. The molecule has 0 saturated carbocycles. The van der Waals surface area contributed by atoms with E-state index in [-0.39, 0.29) is 12.4 Å². The number of benzene rings is 1. The van der Waals surface area contributed by atoms with Crippen LogP contribution in [0.15, 0.2) is 60.0 Å². The van der Waals surface area contributed by atoms with Crippen molar-refractivity contribution in [3.63, 3.8) is 0 Å². The molecule has 0 unspecified atom stereocenters.